The number of hydrogen-bond donors (Lipinski definition) is 0. The SMILES string of the molecule is C=C(C)/C=C(/F)C(=C)C(C)C. The van der Waals surface area contributed by atoms with Crippen LogP contribution in [0.15, 0.2) is 36.2 Å². The van der Waals surface area contributed by atoms with Crippen LogP contribution in [-0.4, -0.2) is 0 Å². The molecule has 0 unspecified atom stereocenters. The van der Waals surface area contributed by atoms with Gasteiger partial charge >= 0.3 is 0 Å². The summed E-state index contributed by atoms with van der Waals surface area (Å²) in [5.74, 6) is -0.0990. The van der Waals surface area contributed by atoms with Crippen LogP contribution in [0.2, 0.25) is 0 Å². The molecule has 0 heterocycles. The van der Waals surface area contributed by atoms with Crippen LogP contribution in [0.25, 0.3) is 0 Å². The van der Waals surface area contributed by atoms with E-state index >= 15 is 0 Å². The lowest BCUT2D eigenvalue weighted by atomic mass is 10.0. The Morgan fingerprint density at radius 2 is 1.82 bits per heavy atom. The van der Waals surface area contributed by atoms with E-state index in [-0.39, 0.29) is 11.7 Å². The normalized spacial score (nSPS) is 11.9. The zero-order valence-electron chi connectivity index (χ0n) is 7.45. The van der Waals surface area contributed by atoms with Gasteiger partial charge in [-0.15, -0.1) is 0 Å². The maximum atomic E-state index is 13.0. The molecule has 0 fully saturated rings. The summed E-state index contributed by atoms with van der Waals surface area (Å²) >= 11 is 0. The first-order valence-corrected chi connectivity index (χ1v) is 3.67. The van der Waals surface area contributed by atoms with Gasteiger partial charge in [-0.3, -0.25) is 0 Å². The molecular formula is C10H15F. The van der Waals surface area contributed by atoms with Crippen molar-refractivity contribution in [2.45, 2.75) is 20.8 Å². The summed E-state index contributed by atoms with van der Waals surface area (Å²) in [6, 6.07) is 0. The molecule has 0 saturated heterocycles. The van der Waals surface area contributed by atoms with Crippen molar-refractivity contribution in [1.82, 2.24) is 0 Å². The maximum Gasteiger partial charge on any atom is 0.126 e. The van der Waals surface area contributed by atoms with Crippen LogP contribution < -0.4 is 0 Å². The van der Waals surface area contributed by atoms with Crippen molar-refractivity contribution < 1.29 is 4.39 Å². The Morgan fingerprint density at radius 1 is 1.36 bits per heavy atom. The van der Waals surface area contributed by atoms with Crippen molar-refractivity contribution >= 4 is 0 Å². The zero-order chi connectivity index (χ0) is 9.02. The molecule has 0 rings (SSSR count). The molecule has 0 radical (unpaired) electrons. The molecule has 0 aromatic heterocycles. The van der Waals surface area contributed by atoms with E-state index in [1.165, 1.54) is 6.08 Å². The van der Waals surface area contributed by atoms with E-state index in [1.807, 2.05) is 13.8 Å². The first-order valence-electron chi connectivity index (χ1n) is 3.67. The van der Waals surface area contributed by atoms with Gasteiger partial charge < -0.3 is 0 Å². The van der Waals surface area contributed by atoms with Crippen molar-refractivity contribution in [1.29, 1.82) is 0 Å². The summed E-state index contributed by atoms with van der Waals surface area (Å²) in [6.07, 6.45) is 1.41. The molecule has 0 nitrogen and oxygen atoms in total. The highest BCUT2D eigenvalue weighted by Gasteiger charge is 2.04. The third-order valence-corrected chi connectivity index (χ3v) is 1.38. The van der Waals surface area contributed by atoms with Gasteiger partial charge in [0.2, 0.25) is 0 Å². The standard InChI is InChI=1S/C10H15F/c1-7(2)6-10(11)9(5)8(3)4/h6,8H,1,5H2,2-4H3/b10-6+. The summed E-state index contributed by atoms with van der Waals surface area (Å²) in [6.45, 7) is 12.8. The predicted octanol–water partition coefficient (Wildman–Crippen LogP) is 3.63. The molecule has 1 heteroatoms. The van der Waals surface area contributed by atoms with Crippen molar-refractivity contribution in [3.05, 3.63) is 36.2 Å². The van der Waals surface area contributed by atoms with Crippen LogP contribution >= 0.6 is 0 Å². The molecule has 0 atom stereocenters. The van der Waals surface area contributed by atoms with Gasteiger partial charge in [0.25, 0.3) is 0 Å². The lowest BCUT2D eigenvalue weighted by molar-refractivity contribution is 0.609. The van der Waals surface area contributed by atoms with Gasteiger partial charge in [-0.2, -0.15) is 0 Å². The molecule has 11 heavy (non-hydrogen) atoms. The van der Waals surface area contributed by atoms with E-state index in [1.54, 1.807) is 6.92 Å². The van der Waals surface area contributed by atoms with Gasteiger partial charge in [0.05, 0.1) is 0 Å². The van der Waals surface area contributed by atoms with Crippen LogP contribution in [0.4, 0.5) is 4.39 Å². The minimum atomic E-state index is -0.257. The highest BCUT2D eigenvalue weighted by atomic mass is 19.1. The van der Waals surface area contributed by atoms with Crippen LogP contribution in [0.3, 0.4) is 0 Å². The minimum absolute atomic E-state index is 0.158. The molecule has 62 valence electrons. The lowest BCUT2D eigenvalue weighted by Crippen LogP contribution is -1.92. The van der Waals surface area contributed by atoms with E-state index in [2.05, 4.69) is 13.2 Å². The van der Waals surface area contributed by atoms with Gasteiger partial charge in [-0.1, -0.05) is 32.6 Å². The predicted molar refractivity (Wildman–Crippen MR) is 48.0 cm³/mol. The molecule has 0 bridgehead atoms. The summed E-state index contributed by atoms with van der Waals surface area (Å²) < 4.78 is 13.0. The largest absolute Gasteiger partial charge is 0.207 e. The van der Waals surface area contributed by atoms with E-state index in [0.717, 1.165) is 0 Å². The van der Waals surface area contributed by atoms with Crippen molar-refractivity contribution in [3.63, 3.8) is 0 Å². The Bertz CT molecular complexity index is 197. The van der Waals surface area contributed by atoms with Gasteiger partial charge in [0, 0.05) is 0 Å². The molecule has 0 spiro atoms. The molecule has 0 aliphatic heterocycles. The van der Waals surface area contributed by atoms with Crippen molar-refractivity contribution in [2.24, 2.45) is 5.92 Å². The topological polar surface area (TPSA) is 0 Å². The summed E-state index contributed by atoms with van der Waals surface area (Å²) in [7, 11) is 0. The number of allylic oxidation sites excluding steroid dienone is 4. The molecule has 0 aliphatic carbocycles. The average Bonchev–Trinajstić information content (AvgIpc) is 1.84. The molecule has 0 aliphatic rings. The fraction of sp³-hybridized carbons (Fsp3) is 0.400. The molecule has 0 saturated carbocycles. The van der Waals surface area contributed by atoms with Crippen molar-refractivity contribution in [2.75, 3.05) is 0 Å². The lowest BCUT2D eigenvalue weighted by Gasteiger charge is -2.05. The first-order chi connectivity index (χ1) is 4.95. The van der Waals surface area contributed by atoms with Crippen LogP contribution in [0.5, 0.6) is 0 Å². The smallest absolute Gasteiger partial charge is 0.126 e. The quantitative estimate of drug-likeness (QED) is 0.544. The number of rotatable bonds is 3. The third kappa shape index (κ3) is 3.76. The highest BCUT2D eigenvalue weighted by Crippen LogP contribution is 2.19. The Balaban J connectivity index is 4.36. The molecule has 0 aromatic rings. The first kappa shape index (κ1) is 10.2. The van der Waals surface area contributed by atoms with Gasteiger partial charge in [-0.25, -0.2) is 4.39 Å². The summed E-state index contributed by atoms with van der Waals surface area (Å²) in [4.78, 5) is 0. The van der Waals surface area contributed by atoms with Crippen LogP contribution in [-0.2, 0) is 0 Å². The summed E-state index contributed by atoms with van der Waals surface area (Å²) in [5, 5.41) is 0. The Labute approximate surface area is 68.1 Å². The van der Waals surface area contributed by atoms with Gasteiger partial charge in [0.1, 0.15) is 5.83 Å². The molecule has 0 N–H and O–H groups in total. The Hall–Kier alpha value is -0.850. The number of hydrogen-bond acceptors (Lipinski definition) is 0. The van der Waals surface area contributed by atoms with E-state index in [0.29, 0.717) is 11.1 Å². The van der Waals surface area contributed by atoms with E-state index in [9.17, 15) is 4.39 Å². The van der Waals surface area contributed by atoms with Crippen molar-refractivity contribution in [3.8, 4) is 0 Å². The molecule has 0 amide bonds. The fourth-order valence-corrected chi connectivity index (χ4v) is 0.585. The fourth-order valence-electron chi connectivity index (χ4n) is 0.585. The zero-order valence-corrected chi connectivity index (χ0v) is 7.45. The second-order valence-corrected chi connectivity index (χ2v) is 3.02. The van der Waals surface area contributed by atoms with Crippen LogP contribution in [0.1, 0.15) is 20.8 Å². The Morgan fingerprint density at radius 3 is 2.09 bits per heavy atom. The average molecular weight is 154 g/mol. The van der Waals surface area contributed by atoms with Gasteiger partial charge in [-0.05, 0) is 24.5 Å². The van der Waals surface area contributed by atoms with Gasteiger partial charge in [0.15, 0.2) is 0 Å². The molecular weight excluding hydrogens is 139 g/mol. The Kier molecular flexibility index (Phi) is 3.80. The second kappa shape index (κ2) is 4.12. The second-order valence-electron chi connectivity index (χ2n) is 3.02. The highest BCUT2D eigenvalue weighted by molar-refractivity contribution is 5.29. The summed E-state index contributed by atoms with van der Waals surface area (Å²) in [5.41, 5.74) is 1.25. The van der Waals surface area contributed by atoms with E-state index in [4.69, 9.17) is 0 Å². The molecule has 0 aromatic carbocycles. The monoisotopic (exact) mass is 154 g/mol. The van der Waals surface area contributed by atoms with Crippen LogP contribution in [0, 0.1) is 5.92 Å². The maximum absolute atomic E-state index is 13.0. The minimum Gasteiger partial charge on any atom is -0.207 e. The third-order valence-electron chi connectivity index (χ3n) is 1.38. The number of halogens is 1. The van der Waals surface area contributed by atoms with E-state index < -0.39 is 0 Å².